The molecule has 6 heteroatoms. The van der Waals surface area contributed by atoms with E-state index in [0.29, 0.717) is 19.0 Å². The lowest BCUT2D eigenvalue weighted by Gasteiger charge is -2.09. The van der Waals surface area contributed by atoms with E-state index in [9.17, 15) is 4.79 Å². The fourth-order valence-electron chi connectivity index (χ4n) is 1.87. The van der Waals surface area contributed by atoms with Crippen molar-refractivity contribution in [2.45, 2.75) is 13.8 Å². The molecule has 2 aromatic rings. The Bertz CT molecular complexity index is 641. The molecule has 1 amide bonds. The molecule has 116 valence electrons. The third-order valence-corrected chi connectivity index (χ3v) is 3.14. The molecule has 0 unspecified atom stereocenters. The molecule has 2 rings (SSSR count). The third-order valence-electron chi connectivity index (χ3n) is 3.14. The Hall–Kier alpha value is -2.47. The molecule has 1 aromatic carbocycles. The van der Waals surface area contributed by atoms with Gasteiger partial charge in [0.1, 0.15) is 11.5 Å². The van der Waals surface area contributed by atoms with E-state index >= 15 is 0 Å². The van der Waals surface area contributed by atoms with Gasteiger partial charge in [0.15, 0.2) is 0 Å². The highest BCUT2D eigenvalue weighted by atomic mass is 16.5. The summed E-state index contributed by atoms with van der Waals surface area (Å²) in [6, 6.07) is 5.91. The Morgan fingerprint density at radius 3 is 2.73 bits per heavy atom. The van der Waals surface area contributed by atoms with E-state index in [1.807, 2.05) is 32.0 Å². The molecular formula is C16H20N4O2. The molecule has 1 heterocycles. The second-order valence-electron chi connectivity index (χ2n) is 4.98. The van der Waals surface area contributed by atoms with Gasteiger partial charge in [-0.05, 0) is 31.0 Å². The van der Waals surface area contributed by atoms with Gasteiger partial charge in [-0.15, -0.1) is 0 Å². The number of aryl methyl sites for hydroxylation is 2. The number of amides is 1. The maximum Gasteiger partial charge on any atom is 0.275 e. The third kappa shape index (κ3) is 4.26. The van der Waals surface area contributed by atoms with Crippen LogP contribution in [0.2, 0.25) is 0 Å². The van der Waals surface area contributed by atoms with Crippen molar-refractivity contribution in [1.29, 1.82) is 0 Å². The minimum Gasteiger partial charge on any atom is -0.383 e. The molecule has 22 heavy (non-hydrogen) atoms. The van der Waals surface area contributed by atoms with Gasteiger partial charge in [0.2, 0.25) is 0 Å². The van der Waals surface area contributed by atoms with Crippen molar-refractivity contribution < 1.29 is 9.53 Å². The molecule has 0 saturated carbocycles. The lowest BCUT2D eigenvalue weighted by atomic mass is 10.1. The summed E-state index contributed by atoms with van der Waals surface area (Å²) in [5, 5.41) is 5.90. The van der Waals surface area contributed by atoms with Gasteiger partial charge < -0.3 is 15.4 Å². The Kier molecular flexibility index (Phi) is 5.43. The Morgan fingerprint density at radius 2 is 2.05 bits per heavy atom. The van der Waals surface area contributed by atoms with E-state index in [1.165, 1.54) is 12.4 Å². The fraction of sp³-hybridized carbons (Fsp3) is 0.312. The number of hydrogen-bond donors (Lipinski definition) is 2. The molecular weight excluding hydrogens is 280 g/mol. The largest absolute Gasteiger partial charge is 0.383 e. The van der Waals surface area contributed by atoms with Gasteiger partial charge in [-0.1, -0.05) is 12.1 Å². The summed E-state index contributed by atoms with van der Waals surface area (Å²) in [7, 11) is 1.63. The van der Waals surface area contributed by atoms with Crippen molar-refractivity contribution in [3.05, 3.63) is 47.4 Å². The maximum atomic E-state index is 12.2. The number of ether oxygens (including phenoxy) is 1. The lowest BCUT2D eigenvalue weighted by molar-refractivity contribution is 0.102. The lowest BCUT2D eigenvalue weighted by Crippen LogP contribution is -2.16. The summed E-state index contributed by atoms with van der Waals surface area (Å²) < 4.78 is 4.94. The van der Waals surface area contributed by atoms with E-state index in [-0.39, 0.29) is 11.6 Å². The van der Waals surface area contributed by atoms with Crippen LogP contribution in [0.4, 0.5) is 11.5 Å². The average molecular weight is 300 g/mol. The molecule has 0 saturated heterocycles. The van der Waals surface area contributed by atoms with Crippen molar-refractivity contribution in [3.63, 3.8) is 0 Å². The summed E-state index contributed by atoms with van der Waals surface area (Å²) in [5.74, 6) is 0.338. The van der Waals surface area contributed by atoms with E-state index < -0.39 is 0 Å². The van der Waals surface area contributed by atoms with Crippen LogP contribution in [-0.2, 0) is 4.74 Å². The molecule has 0 spiro atoms. The van der Waals surface area contributed by atoms with Crippen LogP contribution in [-0.4, -0.2) is 36.1 Å². The van der Waals surface area contributed by atoms with Crippen molar-refractivity contribution in [3.8, 4) is 0 Å². The summed E-state index contributed by atoms with van der Waals surface area (Å²) in [6.07, 6.45) is 2.99. The highest BCUT2D eigenvalue weighted by Crippen LogP contribution is 2.17. The number of benzene rings is 1. The van der Waals surface area contributed by atoms with Crippen LogP contribution >= 0.6 is 0 Å². The zero-order valence-electron chi connectivity index (χ0n) is 13.0. The molecule has 0 aliphatic carbocycles. The zero-order valence-corrected chi connectivity index (χ0v) is 13.0. The number of hydrogen-bond acceptors (Lipinski definition) is 5. The number of aromatic nitrogens is 2. The second-order valence-corrected chi connectivity index (χ2v) is 4.98. The van der Waals surface area contributed by atoms with E-state index in [0.717, 1.165) is 16.8 Å². The van der Waals surface area contributed by atoms with Gasteiger partial charge >= 0.3 is 0 Å². The van der Waals surface area contributed by atoms with E-state index in [4.69, 9.17) is 4.74 Å². The number of anilines is 2. The van der Waals surface area contributed by atoms with Gasteiger partial charge in [-0.2, -0.15) is 0 Å². The Balaban J connectivity index is 2.02. The van der Waals surface area contributed by atoms with Crippen LogP contribution < -0.4 is 10.6 Å². The minimum absolute atomic E-state index is 0.273. The monoisotopic (exact) mass is 300 g/mol. The smallest absolute Gasteiger partial charge is 0.275 e. The molecule has 1 aromatic heterocycles. The predicted octanol–water partition coefficient (Wildman–Crippen LogP) is 2.40. The van der Waals surface area contributed by atoms with Crippen molar-refractivity contribution in [2.75, 3.05) is 30.9 Å². The summed E-state index contributed by atoms with van der Waals surface area (Å²) in [6.45, 7) is 5.15. The molecule has 0 aliphatic rings. The van der Waals surface area contributed by atoms with Crippen LogP contribution in [0.25, 0.3) is 0 Å². The molecule has 0 radical (unpaired) electrons. The first-order valence-corrected chi connectivity index (χ1v) is 7.03. The van der Waals surface area contributed by atoms with Crippen LogP contribution in [0.15, 0.2) is 30.6 Å². The maximum absolute atomic E-state index is 12.2. The van der Waals surface area contributed by atoms with Gasteiger partial charge in [-0.25, -0.2) is 9.97 Å². The summed E-state index contributed by atoms with van der Waals surface area (Å²) in [5.41, 5.74) is 3.15. The van der Waals surface area contributed by atoms with Gasteiger partial charge in [0.25, 0.3) is 5.91 Å². The quantitative estimate of drug-likeness (QED) is 0.801. The Labute approximate surface area is 129 Å². The van der Waals surface area contributed by atoms with Crippen LogP contribution in [0.1, 0.15) is 21.6 Å². The topological polar surface area (TPSA) is 76.1 Å². The van der Waals surface area contributed by atoms with Gasteiger partial charge in [0, 0.05) is 19.3 Å². The summed E-state index contributed by atoms with van der Waals surface area (Å²) >= 11 is 0. The standard InChI is InChI=1S/C16H20N4O2/c1-11-4-5-12(2)13(8-11)20-16(21)14-9-19-15(10-18-14)17-6-7-22-3/h4-5,8-10H,6-7H2,1-3H3,(H,17,19)(H,20,21). The molecule has 0 atom stereocenters. The number of nitrogens with zero attached hydrogens (tertiary/aromatic N) is 2. The first kappa shape index (κ1) is 15.9. The van der Waals surface area contributed by atoms with Gasteiger partial charge in [-0.3, -0.25) is 4.79 Å². The van der Waals surface area contributed by atoms with Crippen LogP contribution in [0.5, 0.6) is 0 Å². The van der Waals surface area contributed by atoms with Crippen molar-refractivity contribution in [2.24, 2.45) is 0 Å². The summed E-state index contributed by atoms with van der Waals surface area (Å²) in [4.78, 5) is 20.5. The van der Waals surface area contributed by atoms with Crippen LogP contribution in [0.3, 0.4) is 0 Å². The van der Waals surface area contributed by atoms with Crippen LogP contribution in [0, 0.1) is 13.8 Å². The average Bonchev–Trinajstić information content (AvgIpc) is 2.52. The van der Waals surface area contributed by atoms with E-state index in [1.54, 1.807) is 7.11 Å². The Morgan fingerprint density at radius 1 is 1.23 bits per heavy atom. The molecule has 0 fully saturated rings. The number of rotatable bonds is 6. The predicted molar refractivity (Wildman–Crippen MR) is 86.3 cm³/mol. The highest BCUT2D eigenvalue weighted by molar-refractivity contribution is 6.03. The molecule has 0 bridgehead atoms. The number of carbonyl (C=O) groups excluding carboxylic acids is 1. The van der Waals surface area contributed by atoms with Gasteiger partial charge in [0.05, 0.1) is 19.0 Å². The molecule has 0 aliphatic heterocycles. The first-order valence-electron chi connectivity index (χ1n) is 7.03. The van der Waals surface area contributed by atoms with Crippen molar-refractivity contribution in [1.82, 2.24) is 9.97 Å². The van der Waals surface area contributed by atoms with E-state index in [2.05, 4.69) is 20.6 Å². The number of methoxy groups -OCH3 is 1. The van der Waals surface area contributed by atoms with Crippen molar-refractivity contribution >= 4 is 17.4 Å². The normalized spacial score (nSPS) is 10.3. The fourth-order valence-corrected chi connectivity index (χ4v) is 1.87. The SMILES string of the molecule is COCCNc1cnc(C(=O)Nc2cc(C)ccc2C)cn1. The number of nitrogens with one attached hydrogen (secondary N) is 2. The zero-order chi connectivity index (χ0) is 15.9. The number of carbonyl (C=O) groups is 1. The highest BCUT2D eigenvalue weighted by Gasteiger charge is 2.10. The minimum atomic E-state index is -0.273. The molecule has 2 N–H and O–H groups in total. The molecule has 6 nitrogen and oxygen atoms in total. The second kappa shape index (κ2) is 7.51. The first-order chi connectivity index (χ1) is 10.6.